The minimum absolute atomic E-state index is 0.00716. The molecule has 1 aliphatic rings. The Morgan fingerprint density at radius 3 is 2.30 bits per heavy atom. The standard InChI is InChI=1S/C20H19F4N3O3/c1-11-8-15(12(2)27(11)10-20(22,23)24)16(28)9-26-17(29)19(3,25-18(26)30)13-4-6-14(21)7-5-13/h4-8H,9-10H2,1-3H3,(H,25,30). The number of ketones is 1. The third-order valence-corrected chi connectivity index (χ3v) is 5.21. The van der Waals surface area contributed by atoms with Crippen molar-refractivity contribution in [3.8, 4) is 0 Å². The van der Waals surface area contributed by atoms with E-state index in [1.165, 1.54) is 39.0 Å². The number of hydrogen-bond donors (Lipinski definition) is 1. The fourth-order valence-electron chi connectivity index (χ4n) is 3.55. The van der Waals surface area contributed by atoms with Crippen molar-refractivity contribution >= 4 is 17.7 Å². The molecule has 1 unspecified atom stereocenters. The summed E-state index contributed by atoms with van der Waals surface area (Å²) in [4.78, 5) is 38.7. The van der Waals surface area contributed by atoms with Crippen molar-refractivity contribution in [1.82, 2.24) is 14.8 Å². The van der Waals surface area contributed by atoms with Gasteiger partial charge in [0, 0.05) is 17.0 Å². The molecule has 1 aliphatic heterocycles. The second kappa shape index (κ2) is 7.26. The first-order valence-corrected chi connectivity index (χ1v) is 9.00. The van der Waals surface area contributed by atoms with E-state index in [4.69, 9.17) is 0 Å². The van der Waals surface area contributed by atoms with Gasteiger partial charge in [-0.2, -0.15) is 13.2 Å². The number of urea groups is 1. The fourth-order valence-corrected chi connectivity index (χ4v) is 3.55. The molecule has 1 saturated heterocycles. The summed E-state index contributed by atoms with van der Waals surface area (Å²) in [5.74, 6) is -1.89. The number of aryl methyl sites for hydroxylation is 1. The molecule has 1 fully saturated rings. The van der Waals surface area contributed by atoms with Crippen molar-refractivity contribution in [2.45, 2.75) is 39.0 Å². The Morgan fingerprint density at radius 1 is 1.13 bits per heavy atom. The summed E-state index contributed by atoms with van der Waals surface area (Å²) >= 11 is 0. The van der Waals surface area contributed by atoms with Crippen LogP contribution in [0.25, 0.3) is 0 Å². The SMILES string of the molecule is Cc1cc(C(=O)CN2C(=O)NC(C)(c3ccc(F)cc3)C2=O)c(C)n1CC(F)(F)F. The lowest BCUT2D eigenvalue weighted by molar-refractivity contribution is -0.141. The van der Waals surface area contributed by atoms with E-state index in [9.17, 15) is 31.9 Å². The smallest absolute Gasteiger partial charge is 0.339 e. The number of alkyl halides is 3. The van der Waals surface area contributed by atoms with Gasteiger partial charge in [0.15, 0.2) is 5.78 Å². The number of hydrogen-bond acceptors (Lipinski definition) is 3. The number of nitrogens with zero attached hydrogens (tertiary/aromatic N) is 2. The molecule has 3 amide bonds. The van der Waals surface area contributed by atoms with E-state index in [1.807, 2.05) is 0 Å². The minimum Gasteiger partial charge on any atom is -0.339 e. The average molecular weight is 425 g/mol. The van der Waals surface area contributed by atoms with Gasteiger partial charge in [-0.25, -0.2) is 9.18 Å². The van der Waals surface area contributed by atoms with Gasteiger partial charge in [0.05, 0.1) is 6.54 Å². The number of amides is 3. The highest BCUT2D eigenvalue weighted by molar-refractivity contribution is 6.11. The molecule has 2 aromatic rings. The minimum atomic E-state index is -4.46. The van der Waals surface area contributed by atoms with Crippen LogP contribution in [0.4, 0.5) is 22.4 Å². The lowest BCUT2D eigenvalue weighted by Crippen LogP contribution is -2.41. The molecule has 1 aromatic heterocycles. The number of benzene rings is 1. The second-order valence-corrected chi connectivity index (χ2v) is 7.36. The van der Waals surface area contributed by atoms with Crippen LogP contribution in [-0.4, -0.2) is 39.9 Å². The van der Waals surface area contributed by atoms with Gasteiger partial charge in [0.25, 0.3) is 5.91 Å². The highest BCUT2D eigenvalue weighted by atomic mass is 19.4. The maximum atomic E-state index is 13.2. The van der Waals surface area contributed by atoms with E-state index in [-0.39, 0.29) is 17.0 Å². The predicted molar refractivity (Wildman–Crippen MR) is 98.3 cm³/mol. The molecule has 0 aliphatic carbocycles. The van der Waals surface area contributed by atoms with Gasteiger partial charge in [-0.1, -0.05) is 12.1 Å². The average Bonchev–Trinajstić information content (AvgIpc) is 3.03. The van der Waals surface area contributed by atoms with Gasteiger partial charge in [-0.05, 0) is 44.5 Å². The van der Waals surface area contributed by atoms with Crippen molar-refractivity contribution in [3.63, 3.8) is 0 Å². The topological polar surface area (TPSA) is 71.4 Å². The highest BCUT2D eigenvalue weighted by Gasteiger charge is 2.49. The monoisotopic (exact) mass is 425 g/mol. The van der Waals surface area contributed by atoms with Gasteiger partial charge in [0.2, 0.25) is 0 Å². The van der Waals surface area contributed by atoms with Crippen molar-refractivity contribution in [1.29, 1.82) is 0 Å². The predicted octanol–water partition coefficient (Wildman–Crippen LogP) is 3.46. The molecule has 0 saturated carbocycles. The number of nitrogens with one attached hydrogen (secondary N) is 1. The van der Waals surface area contributed by atoms with Crippen LogP contribution in [0.5, 0.6) is 0 Å². The zero-order valence-corrected chi connectivity index (χ0v) is 16.4. The van der Waals surface area contributed by atoms with E-state index in [2.05, 4.69) is 5.32 Å². The first-order valence-electron chi connectivity index (χ1n) is 9.00. The van der Waals surface area contributed by atoms with Crippen molar-refractivity contribution < 1.29 is 31.9 Å². The maximum Gasteiger partial charge on any atom is 0.406 e. The van der Waals surface area contributed by atoms with Gasteiger partial charge >= 0.3 is 12.2 Å². The maximum absolute atomic E-state index is 13.2. The molecule has 0 spiro atoms. The van der Waals surface area contributed by atoms with E-state index < -0.39 is 48.3 Å². The van der Waals surface area contributed by atoms with Crippen LogP contribution >= 0.6 is 0 Å². The van der Waals surface area contributed by atoms with Crippen LogP contribution in [0, 0.1) is 19.7 Å². The molecule has 2 heterocycles. The number of imide groups is 1. The lowest BCUT2D eigenvalue weighted by Gasteiger charge is -2.22. The molecule has 1 aromatic carbocycles. The third-order valence-electron chi connectivity index (χ3n) is 5.21. The summed E-state index contributed by atoms with van der Waals surface area (Å²) in [6, 6.07) is 5.48. The Morgan fingerprint density at radius 2 is 1.73 bits per heavy atom. The molecule has 1 N–H and O–H groups in total. The number of carbonyl (C=O) groups is 3. The summed E-state index contributed by atoms with van der Waals surface area (Å²) in [5, 5.41) is 2.49. The largest absolute Gasteiger partial charge is 0.406 e. The molecule has 0 radical (unpaired) electrons. The van der Waals surface area contributed by atoms with Gasteiger partial charge in [-0.3, -0.25) is 14.5 Å². The van der Waals surface area contributed by atoms with Crippen LogP contribution in [0.3, 0.4) is 0 Å². The lowest BCUT2D eigenvalue weighted by atomic mass is 9.92. The molecule has 1 atom stereocenters. The number of Topliss-reactive ketones (excluding diaryl/α,β-unsaturated/α-hetero) is 1. The summed E-state index contributed by atoms with van der Waals surface area (Å²) in [6.07, 6.45) is -4.46. The normalized spacial score (nSPS) is 19.4. The first kappa shape index (κ1) is 21.5. The first-order chi connectivity index (χ1) is 13.8. The van der Waals surface area contributed by atoms with Gasteiger partial charge in [0.1, 0.15) is 17.9 Å². The zero-order chi connectivity index (χ0) is 22.4. The third kappa shape index (κ3) is 3.81. The van der Waals surface area contributed by atoms with Crippen molar-refractivity contribution in [3.05, 3.63) is 58.7 Å². The number of aromatic nitrogens is 1. The van der Waals surface area contributed by atoms with Gasteiger partial charge < -0.3 is 9.88 Å². The van der Waals surface area contributed by atoms with E-state index in [1.54, 1.807) is 0 Å². The fraction of sp³-hybridized carbons (Fsp3) is 0.350. The molecule has 10 heteroatoms. The quantitative estimate of drug-likeness (QED) is 0.453. The Labute approximate surface area is 169 Å². The van der Waals surface area contributed by atoms with E-state index >= 15 is 0 Å². The van der Waals surface area contributed by atoms with Crippen LogP contribution in [0.2, 0.25) is 0 Å². The van der Waals surface area contributed by atoms with E-state index in [0.717, 1.165) is 16.7 Å². The molecule has 0 bridgehead atoms. The highest BCUT2D eigenvalue weighted by Crippen LogP contribution is 2.30. The van der Waals surface area contributed by atoms with Gasteiger partial charge in [-0.15, -0.1) is 0 Å². The molecule has 3 rings (SSSR count). The summed E-state index contributed by atoms with van der Waals surface area (Å²) < 4.78 is 52.5. The van der Waals surface area contributed by atoms with Crippen LogP contribution in [-0.2, 0) is 16.9 Å². The van der Waals surface area contributed by atoms with E-state index in [0.29, 0.717) is 10.5 Å². The molecule has 30 heavy (non-hydrogen) atoms. The van der Waals surface area contributed by atoms with Crippen LogP contribution < -0.4 is 5.32 Å². The van der Waals surface area contributed by atoms with Crippen molar-refractivity contribution in [2.75, 3.05) is 6.54 Å². The van der Waals surface area contributed by atoms with Crippen LogP contribution in [0.1, 0.15) is 34.2 Å². The number of rotatable bonds is 5. The molecule has 6 nitrogen and oxygen atoms in total. The second-order valence-electron chi connectivity index (χ2n) is 7.36. The number of carbonyl (C=O) groups excluding carboxylic acids is 3. The Hall–Kier alpha value is -3.17. The Kier molecular flexibility index (Phi) is 5.21. The Bertz CT molecular complexity index is 1030. The zero-order valence-electron chi connectivity index (χ0n) is 16.4. The summed E-state index contributed by atoms with van der Waals surface area (Å²) in [6.45, 7) is 2.37. The molecular weight excluding hydrogens is 406 g/mol. The molecule has 160 valence electrons. The van der Waals surface area contributed by atoms with Crippen molar-refractivity contribution in [2.24, 2.45) is 0 Å². The number of halogens is 4. The Balaban J connectivity index is 1.84. The molecular formula is C20H19F4N3O3. The van der Waals surface area contributed by atoms with Crippen LogP contribution in [0.15, 0.2) is 30.3 Å². The summed E-state index contributed by atoms with van der Waals surface area (Å²) in [5.41, 5.74) is -0.809. The summed E-state index contributed by atoms with van der Waals surface area (Å²) in [7, 11) is 0.